The van der Waals surface area contributed by atoms with Crippen LogP contribution in [0, 0.1) is 23.2 Å². The van der Waals surface area contributed by atoms with Crippen LogP contribution in [0.25, 0.3) is 0 Å². The molecule has 5 fully saturated rings. The molecule has 5 saturated carbocycles. The summed E-state index contributed by atoms with van der Waals surface area (Å²) in [6.45, 7) is -0.797. The van der Waals surface area contributed by atoms with Crippen molar-refractivity contribution < 1.29 is 23.9 Å². The highest BCUT2D eigenvalue weighted by Gasteiger charge is 2.51. The fraction of sp³-hybridized carbons (Fsp3) is 0.826. The maximum Gasteiger partial charge on any atom is 0.325 e. The molecule has 4 amide bonds. The first kappa shape index (κ1) is 22.1. The van der Waals surface area contributed by atoms with Gasteiger partial charge in [-0.15, -0.1) is 0 Å². The summed E-state index contributed by atoms with van der Waals surface area (Å²) >= 11 is 0. The maximum atomic E-state index is 12.5. The Labute approximate surface area is 183 Å². The molecule has 0 aromatic rings. The lowest BCUT2D eigenvalue weighted by molar-refractivity contribution is -0.148. The zero-order valence-corrected chi connectivity index (χ0v) is 18.3. The van der Waals surface area contributed by atoms with Crippen molar-refractivity contribution in [1.82, 2.24) is 16.0 Å². The van der Waals surface area contributed by atoms with Gasteiger partial charge in [0.25, 0.3) is 5.91 Å². The summed E-state index contributed by atoms with van der Waals surface area (Å²) < 4.78 is 4.89. The van der Waals surface area contributed by atoms with E-state index in [4.69, 9.17) is 4.74 Å². The second-order valence-corrected chi connectivity index (χ2v) is 10.4. The van der Waals surface area contributed by atoms with Crippen molar-refractivity contribution in [3.63, 3.8) is 0 Å². The number of nitrogens with one attached hydrogen (secondary N) is 3. The second kappa shape index (κ2) is 9.57. The largest absolute Gasteiger partial charge is 0.454 e. The van der Waals surface area contributed by atoms with Crippen LogP contribution in [0.2, 0.25) is 0 Å². The minimum Gasteiger partial charge on any atom is -0.454 e. The standard InChI is InChI=1S/C23H35N3O5/c27-19(12-23-9-15-6-16(10-23)8-17(7-15)11-23)24-13-21(29)31-14-20(28)26-22(30)25-18-4-2-1-3-5-18/h15-18H,1-14H2,(H,24,27)(H2,25,26,28,30). The first-order valence-corrected chi connectivity index (χ1v) is 11.9. The Kier molecular flexibility index (Phi) is 6.82. The van der Waals surface area contributed by atoms with E-state index < -0.39 is 24.5 Å². The predicted molar refractivity (Wildman–Crippen MR) is 113 cm³/mol. The molecule has 0 aromatic carbocycles. The van der Waals surface area contributed by atoms with Gasteiger partial charge in [-0.05, 0) is 74.5 Å². The molecule has 5 aliphatic carbocycles. The van der Waals surface area contributed by atoms with Gasteiger partial charge in [-0.2, -0.15) is 0 Å². The van der Waals surface area contributed by atoms with Crippen LogP contribution in [-0.2, 0) is 19.1 Å². The first-order chi connectivity index (χ1) is 14.9. The number of rotatable bonds is 7. The zero-order chi connectivity index (χ0) is 21.8. The van der Waals surface area contributed by atoms with Crippen LogP contribution in [0.3, 0.4) is 0 Å². The van der Waals surface area contributed by atoms with Crippen molar-refractivity contribution in [2.24, 2.45) is 23.2 Å². The number of amides is 4. The number of urea groups is 1. The third kappa shape index (κ3) is 5.98. The molecule has 0 spiro atoms. The van der Waals surface area contributed by atoms with Crippen LogP contribution in [-0.4, -0.2) is 43.0 Å². The highest BCUT2D eigenvalue weighted by molar-refractivity contribution is 5.95. The Morgan fingerprint density at radius 2 is 1.45 bits per heavy atom. The minimum atomic E-state index is -0.679. The molecule has 3 N–H and O–H groups in total. The summed E-state index contributed by atoms with van der Waals surface area (Å²) in [5, 5.41) is 7.60. The van der Waals surface area contributed by atoms with Crippen molar-refractivity contribution in [3.8, 4) is 0 Å². The van der Waals surface area contributed by atoms with Gasteiger partial charge in [0.2, 0.25) is 5.91 Å². The molecule has 8 heteroatoms. The van der Waals surface area contributed by atoms with Crippen molar-refractivity contribution in [1.29, 1.82) is 0 Å². The number of ether oxygens (including phenoxy) is 1. The molecule has 8 nitrogen and oxygen atoms in total. The Bertz CT molecular complexity index is 681. The summed E-state index contributed by atoms with van der Waals surface area (Å²) in [6, 6.07) is -0.467. The van der Waals surface area contributed by atoms with E-state index in [-0.39, 0.29) is 23.9 Å². The molecule has 0 aliphatic heterocycles. The number of esters is 1. The van der Waals surface area contributed by atoms with Crippen LogP contribution in [0.4, 0.5) is 4.79 Å². The first-order valence-electron chi connectivity index (χ1n) is 11.9. The summed E-state index contributed by atoms with van der Waals surface area (Å²) in [7, 11) is 0. The van der Waals surface area contributed by atoms with E-state index in [2.05, 4.69) is 16.0 Å². The van der Waals surface area contributed by atoms with E-state index in [1.807, 2.05) is 0 Å². The summed E-state index contributed by atoms with van der Waals surface area (Å²) in [5.41, 5.74) is 0.119. The average molecular weight is 434 g/mol. The Hall–Kier alpha value is -2.12. The molecule has 0 radical (unpaired) electrons. The van der Waals surface area contributed by atoms with Crippen LogP contribution < -0.4 is 16.0 Å². The lowest BCUT2D eigenvalue weighted by Gasteiger charge is -2.56. The van der Waals surface area contributed by atoms with E-state index in [1.54, 1.807) is 0 Å². The van der Waals surface area contributed by atoms with E-state index in [9.17, 15) is 19.2 Å². The number of carbonyl (C=O) groups is 4. The number of carbonyl (C=O) groups excluding carboxylic acids is 4. The van der Waals surface area contributed by atoms with Crippen LogP contribution in [0.1, 0.15) is 77.0 Å². The molecule has 5 rings (SSSR count). The molecule has 0 unspecified atom stereocenters. The van der Waals surface area contributed by atoms with Gasteiger partial charge in [-0.1, -0.05) is 19.3 Å². The summed E-state index contributed by atoms with van der Waals surface area (Å²) in [6.07, 6.45) is 13.0. The van der Waals surface area contributed by atoms with Crippen molar-refractivity contribution in [3.05, 3.63) is 0 Å². The molecular weight excluding hydrogens is 398 g/mol. The van der Waals surface area contributed by atoms with Gasteiger partial charge < -0.3 is 15.4 Å². The lowest BCUT2D eigenvalue weighted by atomic mass is 9.49. The van der Waals surface area contributed by atoms with Crippen LogP contribution in [0.15, 0.2) is 0 Å². The van der Waals surface area contributed by atoms with Crippen LogP contribution in [0.5, 0.6) is 0 Å². The fourth-order valence-corrected chi connectivity index (χ4v) is 6.91. The third-order valence-corrected chi connectivity index (χ3v) is 7.69. The molecule has 5 aliphatic rings. The normalized spacial score (nSPS) is 31.7. The van der Waals surface area contributed by atoms with Gasteiger partial charge >= 0.3 is 12.0 Å². The zero-order valence-electron chi connectivity index (χ0n) is 18.3. The van der Waals surface area contributed by atoms with Crippen molar-refractivity contribution in [2.75, 3.05) is 13.2 Å². The van der Waals surface area contributed by atoms with E-state index >= 15 is 0 Å². The van der Waals surface area contributed by atoms with Gasteiger partial charge in [-0.25, -0.2) is 4.79 Å². The quantitative estimate of drug-likeness (QED) is 0.534. The van der Waals surface area contributed by atoms with Gasteiger partial charge in [0.1, 0.15) is 6.54 Å². The third-order valence-electron chi connectivity index (χ3n) is 7.69. The highest BCUT2D eigenvalue weighted by atomic mass is 16.5. The molecule has 4 bridgehead atoms. The molecular formula is C23H35N3O5. The Morgan fingerprint density at radius 1 is 0.839 bits per heavy atom. The summed E-state index contributed by atoms with van der Waals surface area (Å²) in [5.74, 6) is 0.854. The Balaban J connectivity index is 1.11. The SMILES string of the molecule is O=C(CC12CC3CC(CC(C3)C1)C2)NCC(=O)OCC(=O)NC(=O)NC1CCCCC1. The molecule has 0 saturated heterocycles. The van der Waals surface area contributed by atoms with E-state index in [0.717, 1.165) is 62.7 Å². The van der Waals surface area contributed by atoms with E-state index in [0.29, 0.717) is 6.42 Å². The Morgan fingerprint density at radius 3 is 2.06 bits per heavy atom. The van der Waals surface area contributed by atoms with Crippen LogP contribution >= 0.6 is 0 Å². The molecule has 172 valence electrons. The van der Waals surface area contributed by atoms with Crippen molar-refractivity contribution in [2.45, 2.75) is 83.1 Å². The van der Waals surface area contributed by atoms with Gasteiger partial charge in [0, 0.05) is 12.5 Å². The monoisotopic (exact) mass is 433 g/mol. The predicted octanol–water partition coefficient (Wildman–Crippen LogP) is 2.41. The van der Waals surface area contributed by atoms with Crippen molar-refractivity contribution >= 4 is 23.8 Å². The highest BCUT2D eigenvalue weighted by Crippen LogP contribution is 2.61. The molecule has 0 aromatic heterocycles. The lowest BCUT2D eigenvalue weighted by Crippen LogP contribution is -2.48. The second-order valence-electron chi connectivity index (χ2n) is 10.4. The summed E-state index contributed by atoms with van der Waals surface area (Å²) in [4.78, 5) is 48.0. The molecule has 0 heterocycles. The minimum absolute atomic E-state index is 0.0910. The smallest absolute Gasteiger partial charge is 0.325 e. The maximum absolute atomic E-state index is 12.5. The number of imide groups is 1. The topological polar surface area (TPSA) is 114 Å². The molecule has 31 heavy (non-hydrogen) atoms. The fourth-order valence-electron chi connectivity index (χ4n) is 6.91. The number of hydrogen-bond donors (Lipinski definition) is 3. The van der Waals surface area contributed by atoms with E-state index in [1.165, 1.54) is 25.7 Å². The van der Waals surface area contributed by atoms with Gasteiger partial charge in [0.05, 0.1) is 0 Å². The molecule has 0 atom stereocenters. The van der Waals surface area contributed by atoms with Gasteiger partial charge in [0.15, 0.2) is 6.61 Å². The van der Waals surface area contributed by atoms with Gasteiger partial charge in [-0.3, -0.25) is 19.7 Å². The number of hydrogen-bond acceptors (Lipinski definition) is 5. The average Bonchev–Trinajstić information content (AvgIpc) is 2.70.